The van der Waals surface area contributed by atoms with E-state index >= 15 is 0 Å². The standard InChI is InChI=1S/C26H42N6O3/c1-26(2,3)25(34)30-19-8-6-18(7-9-19)22-20-16-21(31(4)23(20)29-17-28-22)24(33)27-10-5-11-32-12-14-35-15-13-32/h6-9,20-23,28-29H,5,10-17H2,1-4H3,(H,27,33)(H,30,34). The molecule has 4 N–H and O–H groups in total. The summed E-state index contributed by atoms with van der Waals surface area (Å²) in [6.07, 6.45) is 1.89. The van der Waals surface area contributed by atoms with Crippen molar-refractivity contribution in [2.45, 2.75) is 51.9 Å². The number of carbonyl (C=O) groups excluding carboxylic acids is 2. The van der Waals surface area contributed by atoms with Crippen molar-refractivity contribution in [2.24, 2.45) is 11.3 Å². The summed E-state index contributed by atoms with van der Waals surface area (Å²) in [5, 5.41) is 13.3. The molecule has 1 aromatic carbocycles. The molecule has 0 aromatic heterocycles. The smallest absolute Gasteiger partial charge is 0.237 e. The van der Waals surface area contributed by atoms with E-state index in [2.05, 4.69) is 43.2 Å². The molecule has 35 heavy (non-hydrogen) atoms. The van der Waals surface area contributed by atoms with Gasteiger partial charge in [0.05, 0.1) is 25.4 Å². The molecule has 3 fully saturated rings. The molecule has 3 aliphatic heterocycles. The highest BCUT2D eigenvalue weighted by atomic mass is 16.5. The Morgan fingerprint density at radius 2 is 1.83 bits per heavy atom. The lowest BCUT2D eigenvalue weighted by molar-refractivity contribution is -0.125. The Kier molecular flexibility index (Phi) is 8.44. The van der Waals surface area contributed by atoms with Crippen molar-refractivity contribution in [2.75, 3.05) is 58.4 Å². The fourth-order valence-corrected chi connectivity index (χ4v) is 5.29. The zero-order valence-corrected chi connectivity index (χ0v) is 21.6. The van der Waals surface area contributed by atoms with Gasteiger partial charge in [-0.3, -0.25) is 30.0 Å². The van der Waals surface area contributed by atoms with Gasteiger partial charge in [0.1, 0.15) is 0 Å². The van der Waals surface area contributed by atoms with Crippen LogP contribution in [-0.2, 0) is 14.3 Å². The summed E-state index contributed by atoms with van der Waals surface area (Å²) >= 11 is 0. The van der Waals surface area contributed by atoms with Crippen molar-refractivity contribution in [3.8, 4) is 0 Å². The summed E-state index contributed by atoms with van der Waals surface area (Å²) in [7, 11) is 2.04. The minimum absolute atomic E-state index is 0.00141. The van der Waals surface area contributed by atoms with E-state index in [0.29, 0.717) is 13.2 Å². The van der Waals surface area contributed by atoms with Gasteiger partial charge in [-0.05, 0) is 44.1 Å². The number of hydrogen-bond donors (Lipinski definition) is 4. The van der Waals surface area contributed by atoms with Gasteiger partial charge in [0.2, 0.25) is 11.8 Å². The molecule has 3 saturated heterocycles. The van der Waals surface area contributed by atoms with Gasteiger partial charge in [-0.2, -0.15) is 0 Å². The minimum atomic E-state index is -0.436. The van der Waals surface area contributed by atoms with Crippen LogP contribution in [0, 0.1) is 11.3 Å². The van der Waals surface area contributed by atoms with Gasteiger partial charge in [0, 0.05) is 49.4 Å². The number of carbonyl (C=O) groups is 2. The highest BCUT2D eigenvalue weighted by Crippen LogP contribution is 2.38. The second-order valence-electron chi connectivity index (χ2n) is 11.0. The third kappa shape index (κ3) is 6.40. The Morgan fingerprint density at radius 1 is 1.11 bits per heavy atom. The van der Waals surface area contributed by atoms with Crippen LogP contribution in [0.25, 0.3) is 0 Å². The quantitative estimate of drug-likeness (QED) is 0.432. The molecular formula is C26H42N6O3. The van der Waals surface area contributed by atoms with Crippen LogP contribution in [0.3, 0.4) is 0 Å². The summed E-state index contributed by atoms with van der Waals surface area (Å²) in [5.74, 6) is 0.388. The molecule has 2 amide bonds. The number of anilines is 1. The van der Waals surface area contributed by atoms with Crippen LogP contribution in [-0.4, -0.2) is 86.9 Å². The first-order valence-electron chi connectivity index (χ1n) is 12.9. The molecule has 4 atom stereocenters. The van der Waals surface area contributed by atoms with E-state index < -0.39 is 5.41 Å². The van der Waals surface area contributed by atoms with Gasteiger partial charge in [-0.15, -0.1) is 0 Å². The molecule has 4 unspecified atom stereocenters. The number of amides is 2. The number of likely N-dealkylation sites (tertiary alicyclic amines) is 1. The first kappa shape index (κ1) is 26.0. The molecule has 3 aliphatic rings. The second kappa shape index (κ2) is 11.3. The van der Waals surface area contributed by atoms with Gasteiger partial charge >= 0.3 is 0 Å². The van der Waals surface area contributed by atoms with Gasteiger partial charge in [-0.1, -0.05) is 32.9 Å². The monoisotopic (exact) mass is 486 g/mol. The number of hydrogen-bond acceptors (Lipinski definition) is 7. The van der Waals surface area contributed by atoms with Crippen molar-refractivity contribution < 1.29 is 14.3 Å². The third-order valence-corrected chi connectivity index (χ3v) is 7.46. The number of rotatable bonds is 7. The highest BCUT2D eigenvalue weighted by Gasteiger charge is 2.47. The molecule has 9 heteroatoms. The van der Waals surface area contributed by atoms with Crippen molar-refractivity contribution >= 4 is 17.5 Å². The van der Waals surface area contributed by atoms with Crippen molar-refractivity contribution in [1.29, 1.82) is 0 Å². The lowest BCUT2D eigenvalue weighted by Gasteiger charge is -2.38. The Morgan fingerprint density at radius 3 is 2.51 bits per heavy atom. The summed E-state index contributed by atoms with van der Waals surface area (Å²) < 4.78 is 5.40. The molecule has 194 valence electrons. The van der Waals surface area contributed by atoms with E-state index in [1.54, 1.807) is 0 Å². The Hall–Kier alpha value is -2.04. The van der Waals surface area contributed by atoms with Gasteiger partial charge in [0.15, 0.2) is 0 Å². The number of nitrogens with zero attached hydrogens (tertiary/aromatic N) is 2. The molecule has 0 aliphatic carbocycles. The van der Waals surface area contributed by atoms with E-state index in [4.69, 9.17) is 4.74 Å². The molecular weight excluding hydrogens is 444 g/mol. The molecule has 9 nitrogen and oxygen atoms in total. The van der Waals surface area contributed by atoms with Gasteiger partial charge in [-0.25, -0.2) is 0 Å². The lowest BCUT2D eigenvalue weighted by atomic mass is 9.87. The summed E-state index contributed by atoms with van der Waals surface area (Å²) in [6, 6.07) is 8.10. The summed E-state index contributed by atoms with van der Waals surface area (Å²) in [5.41, 5.74) is 1.54. The number of nitrogens with one attached hydrogen (secondary N) is 4. The van der Waals surface area contributed by atoms with Crippen LogP contribution in [0.1, 0.15) is 45.2 Å². The van der Waals surface area contributed by atoms with Gasteiger partial charge in [0.25, 0.3) is 0 Å². The van der Waals surface area contributed by atoms with Gasteiger partial charge < -0.3 is 15.4 Å². The van der Waals surface area contributed by atoms with Crippen LogP contribution < -0.4 is 21.3 Å². The number of fused-ring (bicyclic) bond motifs is 1. The average molecular weight is 487 g/mol. The Labute approximate surface area is 209 Å². The highest BCUT2D eigenvalue weighted by molar-refractivity contribution is 5.94. The maximum atomic E-state index is 13.0. The maximum Gasteiger partial charge on any atom is 0.237 e. The first-order chi connectivity index (χ1) is 16.7. The lowest BCUT2D eigenvalue weighted by Crippen LogP contribution is -2.56. The fraction of sp³-hybridized carbons (Fsp3) is 0.692. The number of likely N-dealkylation sites (N-methyl/N-ethyl adjacent to an activating group) is 1. The molecule has 0 saturated carbocycles. The zero-order valence-electron chi connectivity index (χ0n) is 21.6. The topological polar surface area (TPSA) is 98.0 Å². The van der Waals surface area contributed by atoms with E-state index in [0.717, 1.165) is 51.4 Å². The molecule has 1 aromatic rings. The van der Waals surface area contributed by atoms with Crippen LogP contribution >= 0.6 is 0 Å². The van der Waals surface area contributed by atoms with E-state index in [1.165, 1.54) is 5.56 Å². The zero-order chi connectivity index (χ0) is 25.0. The predicted molar refractivity (Wildman–Crippen MR) is 137 cm³/mol. The molecule has 0 bridgehead atoms. The number of ether oxygens (including phenoxy) is 1. The normalized spacial score (nSPS) is 27.9. The largest absolute Gasteiger partial charge is 0.379 e. The van der Waals surface area contributed by atoms with Crippen LogP contribution in [0.15, 0.2) is 24.3 Å². The summed E-state index contributed by atoms with van der Waals surface area (Å²) in [4.78, 5) is 29.9. The predicted octanol–water partition coefficient (Wildman–Crippen LogP) is 1.35. The van der Waals surface area contributed by atoms with Crippen molar-refractivity contribution in [3.63, 3.8) is 0 Å². The van der Waals surface area contributed by atoms with Crippen molar-refractivity contribution in [3.05, 3.63) is 29.8 Å². The second-order valence-corrected chi connectivity index (χ2v) is 11.0. The summed E-state index contributed by atoms with van der Waals surface area (Å²) in [6.45, 7) is 11.7. The first-order valence-corrected chi connectivity index (χ1v) is 12.9. The molecule has 0 spiro atoms. The molecule has 3 heterocycles. The fourth-order valence-electron chi connectivity index (χ4n) is 5.29. The molecule has 4 rings (SSSR count). The SMILES string of the molecule is CN1C(C(=O)NCCCN2CCOCC2)CC2C(c3ccc(NC(=O)C(C)(C)C)cc3)NCNC21. The number of morpholine rings is 1. The molecule has 0 radical (unpaired) electrons. The van der Waals surface area contributed by atoms with Crippen molar-refractivity contribution in [1.82, 2.24) is 25.8 Å². The van der Waals surface area contributed by atoms with E-state index in [9.17, 15) is 9.59 Å². The Balaban J connectivity index is 1.31. The van der Waals surface area contributed by atoms with Crippen LogP contribution in [0.5, 0.6) is 0 Å². The third-order valence-electron chi connectivity index (χ3n) is 7.46. The maximum absolute atomic E-state index is 13.0. The average Bonchev–Trinajstić information content (AvgIpc) is 3.19. The van der Waals surface area contributed by atoms with E-state index in [1.807, 2.05) is 40.0 Å². The number of benzene rings is 1. The van der Waals surface area contributed by atoms with Crippen LogP contribution in [0.2, 0.25) is 0 Å². The minimum Gasteiger partial charge on any atom is -0.379 e. The van der Waals surface area contributed by atoms with E-state index in [-0.39, 0.29) is 36.0 Å². The van der Waals surface area contributed by atoms with Crippen LogP contribution in [0.4, 0.5) is 5.69 Å². The Bertz CT molecular complexity index is 865.